The molecule has 36 heavy (non-hydrogen) atoms. The number of rotatable bonds is 7. The third-order valence-electron chi connectivity index (χ3n) is 6.74. The highest BCUT2D eigenvalue weighted by Gasteiger charge is 2.36. The first-order chi connectivity index (χ1) is 17.2. The molecule has 0 bridgehead atoms. The van der Waals surface area contributed by atoms with Gasteiger partial charge in [-0.1, -0.05) is 19.4 Å². The van der Waals surface area contributed by atoms with Crippen molar-refractivity contribution in [3.63, 3.8) is 0 Å². The Morgan fingerprint density at radius 2 is 1.81 bits per heavy atom. The molecule has 1 heterocycles. The highest BCUT2D eigenvalue weighted by atomic mass is 16.5. The van der Waals surface area contributed by atoms with Crippen LogP contribution in [0.4, 0.5) is 10.5 Å². The summed E-state index contributed by atoms with van der Waals surface area (Å²) in [6.45, 7) is 11.1. The minimum absolute atomic E-state index is 0.110. The van der Waals surface area contributed by atoms with E-state index in [-0.39, 0.29) is 30.1 Å². The van der Waals surface area contributed by atoms with E-state index in [1.807, 2.05) is 13.8 Å². The Bertz CT molecular complexity index is 1060. The van der Waals surface area contributed by atoms with Gasteiger partial charge in [-0.15, -0.1) is 0 Å². The molecule has 2 aliphatic rings. The smallest absolute Gasteiger partial charge is 0.330 e. The largest absolute Gasteiger partial charge is 0.497 e. The average Bonchev–Trinajstić information content (AvgIpc) is 2.89. The molecule has 0 aromatic heterocycles. The van der Waals surface area contributed by atoms with Crippen molar-refractivity contribution >= 4 is 30.3 Å². The summed E-state index contributed by atoms with van der Waals surface area (Å²) in [4.78, 5) is 37.5. The number of amides is 3. The minimum Gasteiger partial charge on any atom is -0.497 e. The Hall–Kier alpha value is -3.82. The standard InChI is InChI=1S/C26H36N6O4/c1-8-23(33)28-21-11-9-10-12-22(21)29-25(27-4)30-24-16(2)17(3)32(26(34)31(24)5)18-13-19(35-6)15-20(14-18)36-7/h8,13-15,17,21-22H,1,4,9-12H2,2-3,5-7H3,(H,28,33)(H,29,30). The van der Waals surface area contributed by atoms with Gasteiger partial charge in [0.2, 0.25) is 11.9 Å². The van der Waals surface area contributed by atoms with Crippen LogP contribution in [0.25, 0.3) is 0 Å². The third-order valence-corrected chi connectivity index (χ3v) is 6.74. The predicted octanol–water partition coefficient (Wildman–Crippen LogP) is 3.46. The van der Waals surface area contributed by atoms with E-state index in [2.05, 4.69) is 28.9 Å². The maximum Gasteiger partial charge on any atom is 0.330 e. The summed E-state index contributed by atoms with van der Waals surface area (Å²) >= 11 is 0. The van der Waals surface area contributed by atoms with Gasteiger partial charge in [-0.25, -0.2) is 14.8 Å². The number of urea groups is 1. The molecule has 3 amide bonds. The predicted molar refractivity (Wildman–Crippen MR) is 142 cm³/mol. The third kappa shape index (κ3) is 5.69. The van der Waals surface area contributed by atoms with Crippen LogP contribution >= 0.6 is 0 Å². The van der Waals surface area contributed by atoms with Crippen LogP contribution in [0, 0.1) is 0 Å². The second-order valence-corrected chi connectivity index (χ2v) is 8.90. The number of aliphatic imine (C=N–C) groups is 2. The molecule has 1 aromatic carbocycles. The van der Waals surface area contributed by atoms with Crippen molar-refractivity contribution in [2.75, 3.05) is 26.2 Å². The lowest BCUT2D eigenvalue weighted by molar-refractivity contribution is -0.117. The molecule has 1 saturated carbocycles. The van der Waals surface area contributed by atoms with Gasteiger partial charge < -0.3 is 20.1 Å². The number of methoxy groups -OCH3 is 2. The first kappa shape index (κ1) is 26.8. The molecule has 1 aromatic rings. The number of carbonyl (C=O) groups is 2. The molecule has 10 heteroatoms. The van der Waals surface area contributed by atoms with Crippen LogP contribution in [0.2, 0.25) is 0 Å². The van der Waals surface area contributed by atoms with Crippen LogP contribution in [0.15, 0.2) is 52.2 Å². The lowest BCUT2D eigenvalue weighted by atomic mass is 9.90. The summed E-state index contributed by atoms with van der Waals surface area (Å²) in [6.07, 6.45) is 4.94. The fraction of sp³-hybridized carbons (Fsp3) is 0.462. The molecule has 10 nitrogen and oxygen atoms in total. The lowest BCUT2D eigenvalue weighted by Gasteiger charge is -2.40. The molecular weight excluding hydrogens is 460 g/mol. The first-order valence-electron chi connectivity index (χ1n) is 12.0. The van der Waals surface area contributed by atoms with Gasteiger partial charge in [0, 0.05) is 25.2 Å². The van der Waals surface area contributed by atoms with Gasteiger partial charge in [0.25, 0.3) is 0 Å². The van der Waals surface area contributed by atoms with Gasteiger partial charge in [0.1, 0.15) is 17.3 Å². The molecule has 2 N–H and O–H groups in total. The van der Waals surface area contributed by atoms with Crippen molar-refractivity contribution in [2.45, 2.75) is 57.7 Å². The van der Waals surface area contributed by atoms with Crippen molar-refractivity contribution in [1.29, 1.82) is 0 Å². The molecule has 0 spiro atoms. The minimum atomic E-state index is -0.270. The van der Waals surface area contributed by atoms with Gasteiger partial charge in [-0.05, 0) is 45.1 Å². The number of guanidine groups is 1. The van der Waals surface area contributed by atoms with E-state index in [9.17, 15) is 9.59 Å². The van der Waals surface area contributed by atoms with E-state index in [1.54, 1.807) is 44.4 Å². The maximum atomic E-state index is 13.5. The highest BCUT2D eigenvalue weighted by molar-refractivity contribution is 5.97. The molecule has 3 unspecified atom stereocenters. The summed E-state index contributed by atoms with van der Waals surface area (Å²) in [7, 11) is 4.84. The van der Waals surface area contributed by atoms with Crippen LogP contribution in [0.3, 0.4) is 0 Å². The number of benzene rings is 1. The summed E-state index contributed by atoms with van der Waals surface area (Å²) in [5.41, 5.74) is 1.57. The number of ether oxygens (including phenoxy) is 2. The zero-order chi connectivity index (χ0) is 26.4. The number of hydrogen-bond donors (Lipinski definition) is 2. The molecule has 1 aliphatic carbocycles. The topological polar surface area (TPSA) is 108 Å². The molecule has 3 rings (SSSR count). The van der Waals surface area contributed by atoms with Crippen LogP contribution in [-0.2, 0) is 4.79 Å². The Labute approximate surface area is 212 Å². The SMILES string of the molecule is C=CC(=O)NC1CCCCC1N=C(N=C)NC1=C(C)C(C)N(c2cc(OC)cc(OC)c2)C(=O)N1C. The second kappa shape index (κ2) is 11.7. The molecule has 1 aliphatic heterocycles. The fourth-order valence-corrected chi connectivity index (χ4v) is 4.58. The van der Waals surface area contributed by atoms with E-state index in [4.69, 9.17) is 14.5 Å². The van der Waals surface area contributed by atoms with Gasteiger partial charge in [-0.2, -0.15) is 0 Å². The number of hydrogen-bond acceptors (Lipinski definition) is 5. The number of carbonyl (C=O) groups excluding carboxylic acids is 2. The number of anilines is 1. The van der Waals surface area contributed by atoms with Crippen LogP contribution in [0.5, 0.6) is 11.5 Å². The summed E-state index contributed by atoms with van der Waals surface area (Å²) in [5, 5.41) is 6.18. The van der Waals surface area contributed by atoms with Crippen molar-refractivity contribution in [3.8, 4) is 11.5 Å². The monoisotopic (exact) mass is 496 g/mol. The Balaban J connectivity index is 1.90. The van der Waals surface area contributed by atoms with E-state index < -0.39 is 0 Å². The number of nitrogens with one attached hydrogen (secondary N) is 2. The quantitative estimate of drug-likeness (QED) is 0.342. The van der Waals surface area contributed by atoms with Crippen molar-refractivity contribution in [1.82, 2.24) is 15.5 Å². The zero-order valence-electron chi connectivity index (χ0n) is 21.7. The highest BCUT2D eigenvalue weighted by Crippen LogP contribution is 2.34. The summed E-state index contributed by atoms with van der Waals surface area (Å²) in [6, 6.07) is 4.60. The number of nitrogens with zero attached hydrogens (tertiary/aromatic N) is 4. The van der Waals surface area contributed by atoms with E-state index in [1.165, 1.54) is 11.0 Å². The first-order valence-corrected chi connectivity index (χ1v) is 12.0. The Morgan fingerprint density at radius 3 is 2.39 bits per heavy atom. The summed E-state index contributed by atoms with van der Waals surface area (Å²) < 4.78 is 10.8. The van der Waals surface area contributed by atoms with Gasteiger partial charge in [0.15, 0.2) is 0 Å². The summed E-state index contributed by atoms with van der Waals surface area (Å²) in [5.74, 6) is 1.86. The normalized spacial score (nSPS) is 22.8. The molecular formula is C26H36N6O4. The van der Waals surface area contributed by atoms with Crippen LogP contribution in [0.1, 0.15) is 39.5 Å². The Morgan fingerprint density at radius 1 is 1.17 bits per heavy atom. The van der Waals surface area contributed by atoms with E-state index in [0.29, 0.717) is 29.0 Å². The molecule has 0 radical (unpaired) electrons. The second-order valence-electron chi connectivity index (χ2n) is 8.90. The average molecular weight is 497 g/mol. The zero-order valence-corrected chi connectivity index (χ0v) is 21.7. The van der Waals surface area contributed by atoms with E-state index in [0.717, 1.165) is 31.3 Å². The van der Waals surface area contributed by atoms with Gasteiger partial charge >= 0.3 is 6.03 Å². The van der Waals surface area contributed by atoms with Crippen molar-refractivity contribution < 1.29 is 19.1 Å². The Kier molecular flexibility index (Phi) is 8.73. The maximum absolute atomic E-state index is 13.5. The van der Waals surface area contributed by atoms with Crippen molar-refractivity contribution in [2.24, 2.45) is 9.98 Å². The fourth-order valence-electron chi connectivity index (χ4n) is 4.58. The van der Waals surface area contributed by atoms with E-state index >= 15 is 0 Å². The van der Waals surface area contributed by atoms with Gasteiger partial charge in [-0.3, -0.25) is 14.6 Å². The van der Waals surface area contributed by atoms with Crippen molar-refractivity contribution in [3.05, 3.63) is 42.2 Å². The van der Waals surface area contributed by atoms with Crippen LogP contribution < -0.4 is 25.0 Å². The van der Waals surface area contributed by atoms with Crippen LogP contribution in [-0.4, -0.2) is 68.9 Å². The molecule has 3 atom stereocenters. The molecule has 0 saturated heterocycles. The lowest BCUT2D eigenvalue weighted by Crippen LogP contribution is -2.54. The van der Waals surface area contributed by atoms with Gasteiger partial charge in [0.05, 0.1) is 38.0 Å². The molecule has 194 valence electrons. The molecule has 1 fully saturated rings.